The lowest BCUT2D eigenvalue weighted by Crippen LogP contribution is -1.92. The standard InChI is InChI=1S/C31H22N2/c1-2-11-28-21-33-30(20-25(28)10-1)26-12-5-7-22(18-26)17-23-8-6-13-27(19-23)31-29-14-4-3-9-24(29)15-16-32-31/h1-16,18-21H,17H2. The second-order valence-electron chi connectivity index (χ2n) is 8.37. The van der Waals surface area contributed by atoms with Gasteiger partial charge in [-0.05, 0) is 52.6 Å². The molecular weight excluding hydrogens is 400 g/mol. The quantitative estimate of drug-likeness (QED) is 0.291. The minimum absolute atomic E-state index is 0.861. The van der Waals surface area contributed by atoms with Crippen molar-refractivity contribution in [3.63, 3.8) is 0 Å². The number of pyridine rings is 2. The van der Waals surface area contributed by atoms with E-state index in [1.54, 1.807) is 0 Å². The number of fused-ring (bicyclic) bond motifs is 2. The molecule has 2 aromatic heterocycles. The fraction of sp³-hybridized carbons (Fsp3) is 0.0323. The molecule has 0 spiro atoms. The first-order valence-electron chi connectivity index (χ1n) is 11.2. The van der Waals surface area contributed by atoms with Crippen molar-refractivity contribution in [2.75, 3.05) is 0 Å². The van der Waals surface area contributed by atoms with E-state index in [0.717, 1.165) is 34.3 Å². The topological polar surface area (TPSA) is 25.8 Å². The zero-order chi connectivity index (χ0) is 22.0. The van der Waals surface area contributed by atoms with Crippen molar-refractivity contribution < 1.29 is 0 Å². The Kier molecular flexibility index (Phi) is 4.89. The van der Waals surface area contributed by atoms with E-state index in [4.69, 9.17) is 9.97 Å². The van der Waals surface area contributed by atoms with Crippen molar-refractivity contribution in [2.45, 2.75) is 6.42 Å². The second-order valence-corrected chi connectivity index (χ2v) is 8.37. The third-order valence-electron chi connectivity index (χ3n) is 6.14. The molecule has 0 fully saturated rings. The molecule has 0 saturated heterocycles. The molecule has 6 aromatic rings. The molecule has 0 atom stereocenters. The molecule has 4 aromatic carbocycles. The third kappa shape index (κ3) is 3.88. The van der Waals surface area contributed by atoms with Gasteiger partial charge in [-0.15, -0.1) is 0 Å². The summed E-state index contributed by atoms with van der Waals surface area (Å²) in [6.07, 6.45) is 4.71. The van der Waals surface area contributed by atoms with Crippen LogP contribution < -0.4 is 0 Å². The summed E-state index contributed by atoms with van der Waals surface area (Å²) in [4.78, 5) is 9.40. The Hall–Kier alpha value is -4.30. The molecule has 0 N–H and O–H groups in total. The molecule has 2 nitrogen and oxygen atoms in total. The molecule has 0 aliphatic heterocycles. The predicted molar refractivity (Wildman–Crippen MR) is 137 cm³/mol. The SMILES string of the molecule is c1cc(Cc2cccc(-c3nccc4ccccc34)c2)cc(-c2cc3ccccc3cn2)c1. The lowest BCUT2D eigenvalue weighted by molar-refractivity contribution is 1.19. The van der Waals surface area contributed by atoms with Crippen LogP contribution in [0, 0.1) is 0 Å². The van der Waals surface area contributed by atoms with Gasteiger partial charge in [-0.3, -0.25) is 9.97 Å². The van der Waals surface area contributed by atoms with Gasteiger partial charge in [0.1, 0.15) is 0 Å². The van der Waals surface area contributed by atoms with Crippen LogP contribution in [0.25, 0.3) is 44.1 Å². The molecule has 33 heavy (non-hydrogen) atoms. The van der Waals surface area contributed by atoms with Gasteiger partial charge in [-0.2, -0.15) is 0 Å². The monoisotopic (exact) mass is 422 g/mol. The smallest absolute Gasteiger partial charge is 0.0780 e. The number of hydrogen-bond acceptors (Lipinski definition) is 2. The average Bonchev–Trinajstić information content (AvgIpc) is 2.88. The van der Waals surface area contributed by atoms with Crippen LogP contribution in [0.4, 0.5) is 0 Å². The molecule has 0 radical (unpaired) electrons. The van der Waals surface area contributed by atoms with Crippen molar-refractivity contribution in [1.29, 1.82) is 0 Å². The van der Waals surface area contributed by atoms with Crippen molar-refractivity contribution >= 4 is 21.5 Å². The van der Waals surface area contributed by atoms with Gasteiger partial charge in [-0.25, -0.2) is 0 Å². The van der Waals surface area contributed by atoms with Crippen LogP contribution in [0.3, 0.4) is 0 Å². The van der Waals surface area contributed by atoms with Crippen molar-refractivity contribution in [3.8, 4) is 22.5 Å². The average molecular weight is 423 g/mol. The summed E-state index contributed by atoms with van der Waals surface area (Å²) in [5, 5.41) is 4.77. The minimum Gasteiger partial charge on any atom is -0.256 e. The fourth-order valence-electron chi connectivity index (χ4n) is 4.50. The van der Waals surface area contributed by atoms with Gasteiger partial charge in [0.15, 0.2) is 0 Å². The van der Waals surface area contributed by atoms with Crippen LogP contribution in [0.15, 0.2) is 122 Å². The van der Waals surface area contributed by atoms with Gasteiger partial charge in [0.2, 0.25) is 0 Å². The minimum atomic E-state index is 0.861. The predicted octanol–water partition coefficient (Wildman–Crippen LogP) is 7.71. The van der Waals surface area contributed by atoms with E-state index in [0.29, 0.717) is 0 Å². The Morgan fingerprint density at radius 1 is 0.515 bits per heavy atom. The van der Waals surface area contributed by atoms with E-state index in [-0.39, 0.29) is 0 Å². The Balaban J connectivity index is 1.33. The van der Waals surface area contributed by atoms with Crippen LogP contribution in [-0.4, -0.2) is 9.97 Å². The Morgan fingerprint density at radius 2 is 1.21 bits per heavy atom. The van der Waals surface area contributed by atoms with Gasteiger partial charge in [0.05, 0.1) is 11.4 Å². The van der Waals surface area contributed by atoms with Crippen LogP contribution in [-0.2, 0) is 6.42 Å². The maximum Gasteiger partial charge on any atom is 0.0780 e. The van der Waals surface area contributed by atoms with Crippen LogP contribution in [0.2, 0.25) is 0 Å². The van der Waals surface area contributed by atoms with Gasteiger partial charge in [0, 0.05) is 34.3 Å². The van der Waals surface area contributed by atoms with Crippen LogP contribution in [0.1, 0.15) is 11.1 Å². The summed E-state index contributed by atoms with van der Waals surface area (Å²) >= 11 is 0. The molecule has 6 rings (SSSR count). The van der Waals surface area contributed by atoms with Gasteiger partial charge >= 0.3 is 0 Å². The number of hydrogen-bond donors (Lipinski definition) is 0. The second kappa shape index (κ2) is 8.33. The Morgan fingerprint density at radius 3 is 2.06 bits per heavy atom. The highest BCUT2D eigenvalue weighted by Crippen LogP contribution is 2.28. The van der Waals surface area contributed by atoms with E-state index in [1.165, 1.54) is 27.3 Å². The van der Waals surface area contributed by atoms with Crippen molar-refractivity contribution in [1.82, 2.24) is 9.97 Å². The summed E-state index contributed by atoms with van der Waals surface area (Å²) in [6.45, 7) is 0. The number of aromatic nitrogens is 2. The number of benzene rings is 4. The maximum atomic E-state index is 4.70. The van der Waals surface area contributed by atoms with Gasteiger partial charge in [-0.1, -0.05) is 84.9 Å². The molecule has 0 aliphatic rings. The van der Waals surface area contributed by atoms with E-state index < -0.39 is 0 Å². The van der Waals surface area contributed by atoms with Crippen LogP contribution >= 0.6 is 0 Å². The van der Waals surface area contributed by atoms with E-state index in [2.05, 4.69) is 103 Å². The zero-order valence-electron chi connectivity index (χ0n) is 18.1. The van der Waals surface area contributed by atoms with E-state index >= 15 is 0 Å². The number of nitrogens with zero attached hydrogens (tertiary/aromatic N) is 2. The molecule has 0 aliphatic carbocycles. The largest absolute Gasteiger partial charge is 0.256 e. The lowest BCUT2D eigenvalue weighted by Gasteiger charge is -2.09. The lowest BCUT2D eigenvalue weighted by atomic mass is 9.97. The molecule has 156 valence electrons. The van der Waals surface area contributed by atoms with E-state index in [1.807, 2.05) is 18.5 Å². The maximum absolute atomic E-state index is 4.70. The summed E-state index contributed by atoms with van der Waals surface area (Å²) in [6, 6.07) is 38.4. The Labute approximate surface area is 193 Å². The molecule has 0 unspecified atom stereocenters. The van der Waals surface area contributed by atoms with Crippen molar-refractivity contribution in [3.05, 3.63) is 133 Å². The van der Waals surface area contributed by atoms with Crippen LogP contribution in [0.5, 0.6) is 0 Å². The third-order valence-corrected chi connectivity index (χ3v) is 6.14. The molecule has 0 saturated carbocycles. The van der Waals surface area contributed by atoms with Gasteiger partial charge in [0.25, 0.3) is 0 Å². The molecular formula is C31H22N2. The molecule has 2 heteroatoms. The summed E-state index contributed by atoms with van der Waals surface area (Å²) in [5.74, 6) is 0. The molecule has 0 bridgehead atoms. The fourth-order valence-corrected chi connectivity index (χ4v) is 4.50. The normalized spacial score (nSPS) is 11.2. The highest BCUT2D eigenvalue weighted by atomic mass is 14.7. The Bertz CT molecular complexity index is 1590. The summed E-state index contributed by atoms with van der Waals surface area (Å²) < 4.78 is 0. The van der Waals surface area contributed by atoms with Crippen molar-refractivity contribution in [2.24, 2.45) is 0 Å². The first-order valence-corrected chi connectivity index (χ1v) is 11.2. The zero-order valence-corrected chi connectivity index (χ0v) is 18.1. The molecule has 2 heterocycles. The molecule has 0 amide bonds. The highest BCUT2D eigenvalue weighted by molar-refractivity contribution is 5.94. The first-order chi connectivity index (χ1) is 16.3. The van der Waals surface area contributed by atoms with E-state index in [9.17, 15) is 0 Å². The highest BCUT2D eigenvalue weighted by Gasteiger charge is 2.07. The number of rotatable bonds is 4. The summed E-state index contributed by atoms with van der Waals surface area (Å²) in [5.41, 5.74) is 6.87. The van der Waals surface area contributed by atoms with Gasteiger partial charge < -0.3 is 0 Å². The first kappa shape index (κ1) is 19.4. The summed E-state index contributed by atoms with van der Waals surface area (Å²) in [7, 11) is 0.